The molecule has 2 fully saturated rings. The Bertz CT molecular complexity index is 269. The maximum atomic E-state index is 11.7. The van der Waals surface area contributed by atoms with Crippen molar-refractivity contribution in [2.45, 2.75) is 24.9 Å². The molecule has 2 rings (SSSR count). The molecule has 1 amide bonds. The van der Waals surface area contributed by atoms with Gasteiger partial charge in [0.1, 0.15) is 0 Å². The quantitative estimate of drug-likeness (QED) is 0.485. The largest absolute Gasteiger partial charge is 0.343 e. The van der Waals surface area contributed by atoms with Crippen LogP contribution in [0.2, 0.25) is 0 Å². The van der Waals surface area contributed by atoms with E-state index in [0.717, 1.165) is 25.9 Å². The molecule has 70 valence electrons. The van der Waals surface area contributed by atoms with Crippen LogP contribution in [0.1, 0.15) is 12.8 Å². The summed E-state index contributed by atoms with van der Waals surface area (Å²) >= 11 is 0. The van der Waals surface area contributed by atoms with Crippen LogP contribution >= 0.6 is 0 Å². The van der Waals surface area contributed by atoms with E-state index in [-0.39, 0.29) is 18.0 Å². The first-order valence-electron chi connectivity index (χ1n) is 4.71. The van der Waals surface area contributed by atoms with Gasteiger partial charge in [0.2, 0.25) is 5.91 Å². The average molecular weight is 178 g/mol. The second-order valence-corrected chi connectivity index (χ2v) is 3.77. The van der Waals surface area contributed by atoms with Gasteiger partial charge in [-0.2, -0.15) is 0 Å². The molecule has 0 unspecified atom stereocenters. The third-order valence-corrected chi connectivity index (χ3v) is 3.06. The van der Waals surface area contributed by atoms with Crippen molar-refractivity contribution in [3.8, 4) is 12.3 Å². The molecule has 0 N–H and O–H groups in total. The lowest BCUT2D eigenvalue weighted by molar-refractivity contribution is -0.138. The van der Waals surface area contributed by atoms with Crippen LogP contribution in [-0.2, 0) is 4.79 Å². The van der Waals surface area contributed by atoms with Crippen molar-refractivity contribution >= 4 is 5.91 Å². The molecule has 0 spiro atoms. The predicted molar refractivity (Wildman–Crippen MR) is 50.0 cm³/mol. The summed E-state index contributed by atoms with van der Waals surface area (Å²) in [5.74, 6) is 2.99. The molecule has 0 radical (unpaired) electrons. The third kappa shape index (κ3) is 1.22. The number of piperazine rings is 1. The Morgan fingerprint density at radius 2 is 2.23 bits per heavy atom. The van der Waals surface area contributed by atoms with Gasteiger partial charge in [0.05, 0.1) is 12.1 Å². The van der Waals surface area contributed by atoms with E-state index in [0.29, 0.717) is 0 Å². The summed E-state index contributed by atoms with van der Waals surface area (Å²) in [6.45, 7) is 1.75. The molecule has 0 aliphatic carbocycles. The van der Waals surface area contributed by atoms with E-state index in [1.165, 1.54) is 0 Å². The zero-order valence-corrected chi connectivity index (χ0v) is 7.86. The van der Waals surface area contributed by atoms with Gasteiger partial charge in [-0.25, -0.2) is 0 Å². The van der Waals surface area contributed by atoms with Crippen LogP contribution in [0.3, 0.4) is 0 Å². The van der Waals surface area contributed by atoms with E-state index in [9.17, 15) is 4.79 Å². The topological polar surface area (TPSA) is 23.6 Å². The van der Waals surface area contributed by atoms with Gasteiger partial charge in [-0.05, 0) is 12.8 Å². The minimum absolute atomic E-state index is 0.0693. The first-order valence-corrected chi connectivity index (χ1v) is 4.71. The highest BCUT2D eigenvalue weighted by molar-refractivity contribution is 5.82. The zero-order valence-electron chi connectivity index (χ0n) is 7.86. The second kappa shape index (κ2) is 3.04. The first-order chi connectivity index (χ1) is 6.24. The molecule has 13 heavy (non-hydrogen) atoms. The number of rotatable bonds is 0. The standard InChI is InChI=1S/C10H14N2O/c1-3-8-4-5-9-10(13)11(2)6-7-12(8)9/h1,8-9H,4-7H2,2H3/t8-,9-/m0/s1. The maximum absolute atomic E-state index is 11.7. The lowest BCUT2D eigenvalue weighted by Gasteiger charge is -2.36. The smallest absolute Gasteiger partial charge is 0.239 e. The number of hydrogen-bond acceptors (Lipinski definition) is 2. The molecule has 0 saturated carbocycles. The van der Waals surface area contributed by atoms with Crippen LogP contribution in [0, 0.1) is 12.3 Å². The fourth-order valence-electron chi connectivity index (χ4n) is 2.25. The van der Waals surface area contributed by atoms with Gasteiger partial charge in [0, 0.05) is 20.1 Å². The van der Waals surface area contributed by atoms with Crippen molar-refractivity contribution in [2.75, 3.05) is 20.1 Å². The minimum atomic E-state index is 0.0693. The molecule has 2 saturated heterocycles. The number of carbonyl (C=O) groups is 1. The SMILES string of the molecule is C#C[C@H]1CC[C@H]2C(=O)N(C)CCN12. The molecule has 3 heteroatoms. The van der Waals surface area contributed by atoms with Gasteiger partial charge in [-0.1, -0.05) is 5.92 Å². The van der Waals surface area contributed by atoms with Crippen molar-refractivity contribution in [1.29, 1.82) is 0 Å². The Balaban J connectivity index is 2.16. The van der Waals surface area contributed by atoms with Crippen LogP contribution in [0.5, 0.6) is 0 Å². The van der Waals surface area contributed by atoms with E-state index < -0.39 is 0 Å². The summed E-state index contributed by atoms with van der Waals surface area (Å²) < 4.78 is 0. The normalized spacial score (nSPS) is 34.5. The van der Waals surface area contributed by atoms with Gasteiger partial charge < -0.3 is 4.90 Å². The highest BCUT2D eigenvalue weighted by Crippen LogP contribution is 2.27. The number of terminal acetylenes is 1. The lowest BCUT2D eigenvalue weighted by Crippen LogP contribution is -2.54. The van der Waals surface area contributed by atoms with Crippen LogP contribution in [0.4, 0.5) is 0 Å². The monoisotopic (exact) mass is 178 g/mol. The highest BCUT2D eigenvalue weighted by atomic mass is 16.2. The molecule has 0 aromatic rings. The van der Waals surface area contributed by atoms with Crippen LogP contribution in [-0.4, -0.2) is 47.9 Å². The van der Waals surface area contributed by atoms with Crippen LogP contribution in [0.25, 0.3) is 0 Å². The average Bonchev–Trinajstić information content (AvgIpc) is 2.55. The van der Waals surface area contributed by atoms with Crippen molar-refractivity contribution in [1.82, 2.24) is 9.80 Å². The number of fused-ring (bicyclic) bond motifs is 1. The highest BCUT2D eigenvalue weighted by Gasteiger charge is 2.40. The molecule has 2 heterocycles. The summed E-state index contributed by atoms with van der Waals surface area (Å²) in [5.41, 5.74) is 0. The Hall–Kier alpha value is -1.01. The summed E-state index contributed by atoms with van der Waals surface area (Å²) in [6, 6.07) is 0.266. The first kappa shape index (κ1) is 8.58. The number of carbonyl (C=O) groups excluding carboxylic acids is 1. The maximum Gasteiger partial charge on any atom is 0.239 e. The molecule has 3 nitrogen and oxygen atoms in total. The van der Waals surface area contributed by atoms with Crippen LogP contribution < -0.4 is 0 Å². The van der Waals surface area contributed by atoms with E-state index in [2.05, 4.69) is 10.8 Å². The lowest BCUT2D eigenvalue weighted by atomic mass is 10.1. The summed E-state index contributed by atoms with van der Waals surface area (Å²) in [4.78, 5) is 15.7. The summed E-state index contributed by atoms with van der Waals surface area (Å²) in [7, 11) is 1.86. The second-order valence-electron chi connectivity index (χ2n) is 3.77. The zero-order chi connectivity index (χ0) is 9.42. The van der Waals surface area contributed by atoms with Gasteiger partial charge >= 0.3 is 0 Å². The Morgan fingerprint density at radius 3 is 2.92 bits per heavy atom. The molecule has 0 aromatic carbocycles. The fourth-order valence-corrected chi connectivity index (χ4v) is 2.25. The number of nitrogens with zero attached hydrogens (tertiary/aromatic N) is 2. The van der Waals surface area contributed by atoms with Gasteiger partial charge in [-0.3, -0.25) is 9.69 Å². The minimum Gasteiger partial charge on any atom is -0.343 e. The van der Waals surface area contributed by atoms with Gasteiger partial charge in [0.25, 0.3) is 0 Å². The Morgan fingerprint density at radius 1 is 1.46 bits per heavy atom. The molecule has 2 atom stereocenters. The Labute approximate surface area is 78.7 Å². The molecular formula is C10H14N2O. The van der Waals surface area contributed by atoms with E-state index in [4.69, 9.17) is 6.42 Å². The summed E-state index contributed by atoms with van der Waals surface area (Å²) in [6.07, 6.45) is 7.31. The van der Waals surface area contributed by atoms with Gasteiger partial charge in [-0.15, -0.1) is 6.42 Å². The van der Waals surface area contributed by atoms with Gasteiger partial charge in [0.15, 0.2) is 0 Å². The molecule has 2 aliphatic heterocycles. The number of hydrogen-bond donors (Lipinski definition) is 0. The van der Waals surface area contributed by atoms with E-state index in [1.54, 1.807) is 4.90 Å². The molecule has 0 bridgehead atoms. The van der Waals surface area contributed by atoms with E-state index >= 15 is 0 Å². The third-order valence-electron chi connectivity index (χ3n) is 3.06. The van der Waals surface area contributed by atoms with E-state index in [1.807, 2.05) is 7.05 Å². The number of amides is 1. The predicted octanol–water partition coefficient (Wildman–Crippen LogP) is -0.0754. The fraction of sp³-hybridized carbons (Fsp3) is 0.700. The van der Waals surface area contributed by atoms with Crippen molar-refractivity contribution in [3.63, 3.8) is 0 Å². The molecule has 2 aliphatic rings. The Kier molecular flexibility index (Phi) is 2.01. The van der Waals surface area contributed by atoms with Crippen molar-refractivity contribution in [3.05, 3.63) is 0 Å². The van der Waals surface area contributed by atoms with Crippen LogP contribution in [0.15, 0.2) is 0 Å². The van der Waals surface area contributed by atoms with Crippen molar-refractivity contribution < 1.29 is 4.79 Å². The summed E-state index contributed by atoms with van der Waals surface area (Å²) in [5, 5.41) is 0. The number of likely N-dealkylation sites (N-methyl/N-ethyl adjacent to an activating group) is 1. The molecular weight excluding hydrogens is 164 g/mol. The molecule has 0 aromatic heterocycles. The van der Waals surface area contributed by atoms with Crippen molar-refractivity contribution in [2.24, 2.45) is 0 Å².